The van der Waals surface area contributed by atoms with Crippen LogP contribution in [-0.4, -0.2) is 19.3 Å². The van der Waals surface area contributed by atoms with E-state index in [2.05, 4.69) is 24.4 Å². The van der Waals surface area contributed by atoms with Gasteiger partial charge in [0, 0.05) is 12.8 Å². The van der Waals surface area contributed by atoms with Gasteiger partial charge in [0.2, 0.25) is 0 Å². The molecular weight excluding hydrogens is 419 g/mol. The van der Waals surface area contributed by atoms with Gasteiger partial charge in [-0.1, -0.05) is 56.7 Å². The van der Waals surface area contributed by atoms with E-state index in [4.69, 9.17) is 5.41 Å². The molecule has 34 heavy (non-hydrogen) atoms. The third-order valence-electron chi connectivity index (χ3n) is 8.31. The molecule has 2 aromatic rings. The maximum atomic E-state index is 13.2. The van der Waals surface area contributed by atoms with Gasteiger partial charge in [-0.2, -0.15) is 0 Å². The largest absolute Gasteiger partial charge is 0.316 e. The summed E-state index contributed by atoms with van der Waals surface area (Å²) in [6, 6.07) is 11.5. The Balaban J connectivity index is 1.46. The highest BCUT2D eigenvalue weighted by Crippen LogP contribution is 2.38. The fourth-order valence-corrected chi connectivity index (χ4v) is 6.46. The molecule has 2 N–H and O–H groups in total. The molecular formula is C31H43FN2. The fraction of sp³-hybridized carbons (Fsp3) is 0.581. The normalized spacial score (nSPS) is 22.2. The van der Waals surface area contributed by atoms with Crippen molar-refractivity contribution in [2.24, 2.45) is 11.8 Å². The summed E-state index contributed by atoms with van der Waals surface area (Å²) in [7, 11) is 0. The average Bonchev–Trinajstić information content (AvgIpc) is 3.37. The molecule has 0 spiro atoms. The predicted octanol–water partition coefficient (Wildman–Crippen LogP) is 7.75. The minimum absolute atomic E-state index is 0.175. The van der Waals surface area contributed by atoms with Gasteiger partial charge in [0.1, 0.15) is 5.82 Å². The van der Waals surface area contributed by atoms with Gasteiger partial charge in [0.25, 0.3) is 0 Å². The van der Waals surface area contributed by atoms with Crippen LogP contribution in [0.4, 0.5) is 4.39 Å². The molecule has 0 amide bonds. The number of hydrogen-bond acceptors (Lipinski definition) is 2. The molecule has 1 heterocycles. The molecule has 0 radical (unpaired) electrons. The van der Waals surface area contributed by atoms with Crippen LogP contribution in [0.3, 0.4) is 0 Å². The number of rotatable bonds is 8. The maximum Gasteiger partial charge on any atom is 0.123 e. The zero-order chi connectivity index (χ0) is 23.8. The summed E-state index contributed by atoms with van der Waals surface area (Å²) < 4.78 is 13.2. The molecule has 1 saturated carbocycles. The molecule has 1 unspecified atom stereocenters. The van der Waals surface area contributed by atoms with Crippen molar-refractivity contribution in [2.45, 2.75) is 89.9 Å². The summed E-state index contributed by atoms with van der Waals surface area (Å²) in [5, 5.41) is 11.9. The Morgan fingerprint density at radius 1 is 0.971 bits per heavy atom. The number of aryl methyl sites for hydroxylation is 3. The van der Waals surface area contributed by atoms with Crippen molar-refractivity contribution in [3.63, 3.8) is 0 Å². The second kappa shape index (κ2) is 12.6. The first-order valence-electron chi connectivity index (χ1n) is 13.7. The molecule has 4 rings (SSSR count). The second-order valence-corrected chi connectivity index (χ2v) is 10.9. The van der Waals surface area contributed by atoms with Gasteiger partial charge in [-0.15, -0.1) is 0 Å². The highest BCUT2D eigenvalue weighted by atomic mass is 19.1. The average molecular weight is 463 g/mol. The topological polar surface area (TPSA) is 35.9 Å². The summed E-state index contributed by atoms with van der Waals surface area (Å²) in [5.41, 5.74) is 6.36. The minimum atomic E-state index is -0.175. The van der Waals surface area contributed by atoms with Crippen LogP contribution in [0.25, 0.3) is 0 Å². The molecule has 2 aromatic carbocycles. The predicted molar refractivity (Wildman–Crippen MR) is 142 cm³/mol. The van der Waals surface area contributed by atoms with E-state index < -0.39 is 0 Å². The Hall–Kier alpha value is -2.00. The lowest BCUT2D eigenvalue weighted by Gasteiger charge is -2.27. The Morgan fingerprint density at radius 3 is 2.47 bits per heavy atom. The van der Waals surface area contributed by atoms with Crippen LogP contribution in [-0.2, 0) is 12.8 Å². The third-order valence-corrected chi connectivity index (χ3v) is 8.31. The second-order valence-electron chi connectivity index (χ2n) is 10.9. The Bertz CT molecular complexity index is 914. The van der Waals surface area contributed by atoms with Gasteiger partial charge in [-0.25, -0.2) is 4.39 Å². The first-order valence-corrected chi connectivity index (χ1v) is 13.7. The zero-order valence-electron chi connectivity index (χ0n) is 21.1. The summed E-state index contributed by atoms with van der Waals surface area (Å²) >= 11 is 0. The molecule has 1 aliphatic carbocycles. The van der Waals surface area contributed by atoms with Crippen molar-refractivity contribution < 1.29 is 4.39 Å². The molecule has 2 atom stereocenters. The van der Waals surface area contributed by atoms with Crippen molar-refractivity contribution >= 4 is 6.21 Å². The smallest absolute Gasteiger partial charge is 0.123 e. The summed E-state index contributed by atoms with van der Waals surface area (Å²) in [6.45, 7) is 4.46. The molecule has 1 aliphatic heterocycles. The van der Waals surface area contributed by atoms with E-state index in [1.165, 1.54) is 80.0 Å². The van der Waals surface area contributed by atoms with Crippen LogP contribution < -0.4 is 5.32 Å². The molecule has 2 aliphatic rings. The highest BCUT2D eigenvalue weighted by Gasteiger charge is 2.25. The van der Waals surface area contributed by atoms with Crippen LogP contribution in [0, 0.1) is 30.0 Å². The van der Waals surface area contributed by atoms with E-state index in [0.717, 1.165) is 49.8 Å². The number of hydrogen-bond donors (Lipinski definition) is 2. The van der Waals surface area contributed by atoms with E-state index in [0.29, 0.717) is 5.92 Å². The summed E-state index contributed by atoms with van der Waals surface area (Å²) in [5.74, 6) is 2.16. The van der Waals surface area contributed by atoms with Crippen molar-refractivity contribution in [1.82, 2.24) is 5.32 Å². The minimum Gasteiger partial charge on any atom is -0.316 e. The molecule has 2 fully saturated rings. The van der Waals surface area contributed by atoms with Gasteiger partial charge in [-0.3, -0.25) is 0 Å². The van der Waals surface area contributed by atoms with E-state index in [-0.39, 0.29) is 5.82 Å². The van der Waals surface area contributed by atoms with Crippen molar-refractivity contribution in [2.75, 3.05) is 13.1 Å². The van der Waals surface area contributed by atoms with Crippen LogP contribution >= 0.6 is 0 Å². The van der Waals surface area contributed by atoms with Gasteiger partial charge < -0.3 is 10.7 Å². The monoisotopic (exact) mass is 462 g/mol. The molecule has 1 saturated heterocycles. The SMILES string of the molecule is Cc1cc(CCCc2ccc(F)cc2)c(C=N)cc1[C@@H]1CNCCCCC(CC2CCCC2)C1. The third kappa shape index (κ3) is 7.01. The molecule has 2 nitrogen and oxygen atoms in total. The summed E-state index contributed by atoms with van der Waals surface area (Å²) in [6.07, 6.45) is 17.0. The fourth-order valence-electron chi connectivity index (χ4n) is 6.46. The quantitative estimate of drug-likeness (QED) is 0.387. The number of nitrogens with one attached hydrogen (secondary N) is 2. The molecule has 184 valence electrons. The van der Waals surface area contributed by atoms with Gasteiger partial charge in [0.15, 0.2) is 0 Å². The lowest BCUT2D eigenvalue weighted by Crippen LogP contribution is -2.24. The van der Waals surface area contributed by atoms with Crippen molar-refractivity contribution in [1.29, 1.82) is 5.41 Å². The Morgan fingerprint density at radius 2 is 1.71 bits per heavy atom. The lowest BCUT2D eigenvalue weighted by atomic mass is 9.79. The Kier molecular flexibility index (Phi) is 9.33. The number of halogens is 1. The first kappa shape index (κ1) is 25.1. The Labute approximate surface area is 206 Å². The molecule has 0 aromatic heterocycles. The summed E-state index contributed by atoms with van der Waals surface area (Å²) in [4.78, 5) is 0. The van der Waals surface area contributed by atoms with E-state index in [1.807, 2.05) is 12.1 Å². The van der Waals surface area contributed by atoms with E-state index >= 15 is 0 Å². The maximum absolute atomic E-state index is 13.2. The van der Waals surface area contributed by atoms with E-state index in [9.17, 15) is 4.39 Å². The van der Waals surface area contributed by atoms with Gasteiger partial charge >= 0.3 is 0 Å². The highest BCUT2D eigenvalue weighted by molar-refractivity contribution is 5.80. The van der Waals surface area contributed by atoms with Crippen LogP contribution in [0.15, 0.2) is 36.4 Å². The first-order chi connectivity index (χ1) is 16.6. The zero-order valence-corrected chi connectivity index (χ0v) is 21.1. The van der Waals surface area contributed by atoms with E-state index in [1.54, 1.807) is 18.3 Å². The van der Waals surface area contributed by atoms with Crippen LogP contribution in [0.2, 0.25) is 0 Å². The standard InChI is InChI=1S/C31H43FN2/c1-23-17-27(11-6-10-24-12-14-30(32)15-13-24)28(21-33)20-31(23)29-19-26(9-4-5-16-34-22-29)18-25-7-2-3-8-25/h12-15,17,20-21,25-26,29,33-34H,2-11,16,18-19,22H2,1H3/t26?,29-/m0/s1. The molecule has 3 heteroatoms. The van der Waals surface area contributed by atoms with Crippen LogP contribution in [0.5, 0.6) is 0 Å². The van der Waals surface area contributed by atoms with Crippen molar-refractivity contribution in [3.05, 3.63) is 70.0 Å². The van der Waals surface area contributed by atoms with Crippen molar-refractivity contribution in [3.8, 4) is 0 Å². The van der Waals surface area contributed by atoms with Crippen LogP contribution in [0.1, 0.15) is 97.9 Å². The van der Waals surface area contributed by atoms with Gasteiger partial charge in [-0.05, 0) is 116 Å². The van der Waals surface area contributed by atoms with Gasteiger partial charge in [0.05, 0.1) is 0 Å². The number of benzene rings is 2. The molecule has 0 bridgehead atoms. The lowest BCUT2D eigenvalue weighted by molar-refractivity contribution is 0.317.